The van der Waals surface area contributed by atoms with Crippen molar-refractivity contribution in [3.05, 3.63) is 57.9 Å². The number of methoxy groups -OCH3 is 1. The summed E-state index contributed by atoms with van der Waals surface area (Å²) < 4.78 is 30.9. The summed E-state index contributed by atoms with van der Waals surface area (Å²) in [5.41, 5.74) is 2.64. The summed E-state index contributed by atoms with van der Waals surface area (Å²) in [5.74, 6) is 0.329. The molecule has 1 fully saturated rings. The van der Waals surface area contributed by atoms with Gasteiger partial charge in [-0.3, -0.25) is 0 Å². The normalized spacial score (nSPS) is 15.4. The molecule has 0 amide bonds. The van der Waals surface area contributed by atoms with Crippen molar-refractivity contribution >= 4 is 23.6 Å². The highest BCUT2D eigenvalue weighted by Crippen LogP contribution is 2.42. The van der Waals surface area contributed by atoms with Gasteiger partial charge in [0.2, 0.25) is 0 Å². The average Bonchev–Trinajstić information content (AvgIpc) is 2.68. The molecule has 0 aromatic heterocycles. The minimum atomic E-state index is -0.672. The van der Waals surface area contributed by atoms with Crippen molar-refractivity contribution in [3.63, 3.8) is 0 Å². The van der Waals surface area contributed by atoms with Crippen LogP contribution >= 0.6 is 11.6 Å². The van der Waals surface area contributed by atoms with Crippen molar-refractivity contribution in [3.8, 4) is 5.75 Å². The van der Waals surface area contributed by atoms with E-state index in [0.717, 1.165) is 23.4 Å². The largest absolute Gasteiger partial charge is 0.496 e. The van der Waals surface area contributed by atoms with Gasteiger partial charge in [0.05, 0.1) is 39.0 Å². The lowest BCUT2D eigenvalue weighted by Gasteiger charge is -2.42. The van der Waals surface area contributed by atoms with E-state index in [-0.39, 0.29) is 12.4 Å². The zero-order chi connectivity index (χ0) is 21.0. The summed E-state index contributed by atoms with van der Waals surface area (Å²) in [6, 6.07) is 8.18. The fourth-order valence-electron chi connectivity index (χ4n) is 3.06. The molecular formula is C22H26ClFN2O3. The van der Waals surface area contributed by atoms with E-state index in [1.807, 2.05) is 31.0 Å². The highest BCUT2D eigenvalue weighted by molar-refractivity contribution is 6.31. The van der Waals surface area contributed by atoms with Gasteiger partial charge in [-0.15, -0.1) is 0 Å². The van der Waals surface area contributed by atoms with Crippen LogP contribution in [0.3, 0.4) is 0 Å². The fraction of sp³-hybridized carbons (Fsp3) is 0.409. The van der Waals surface area contributed by atoms with Gasteiger partial charge < -0.3 is 19.1 Å². The number of hydrogen-bond donors (Lipinski definition) is 0. The third-order valence-corrected chi connectivity index (χ3v) is 5.45. The number of halogens is 2. The van der Waals surface area contributed by atoms with E-state index in [4.69, 9.17) is 25.8 Å². The van der Waals surface area contributed by atoms with Crippen molar-refractivity contribution in [1.82, 2.24) is 4.90 Å². The molecule has 156 valence electrons. The smallest absolute Gasteiger partial charge is 0.143 e. The second kappa shape index (κ2) is 9.11. The van der Waals surface area contributed by atoms with Gasteiger partial charge in [-0.05, 0) is 49.2 Å². The van der Waals surface area contributed by atoms with Crippen molar-refractivity contribution in [2.75, 3.05) is 33.9 Å². The van der Waals surface area contributed by atoms with Crippen molar-refractivity contribution in [2.45, 2.75) is 26.1 Å². The number of aliphatic imine (C=N–C) groups is 1. The first-order valence-corrected chi connectivity index (χ1v) is 9.85. The summed E-state index contributed by atoms with van der Waals surface area (Å²) in [4.78, 5) is 6.55. The lowest BCUT2D eigenvalue weighted by atomic mass is 9.89. The Morgan fingerprint density at radius 3 is 2.69 bits per heavy atom. The SMILES string of the molecule is CCN(C)C=Nc1cc(OC)c(C2(OCc3cc(F)ccc3Cl)COC2)cc1C. The first-order valence-electron chi connectivity index (χ1n) is 9.47. The molecule has 7 heteroatoms. The van der Waals surface area contributed by atoms with Gasteiger partial charge in [0.15, 0.2) is 0 Å². The van der Waals surface area contributed by atoms with E-state index >= 15 is 0 Å². The van der Waals surface area contributed by atoms with Crippen LogP contribution < -0.4 is 4.74 Å². The van der Waals surface area contributed by atoms with Gasteiger partial charge in [-0.1, -0.05) is 11.6 Å². The average molecular weight is 421 g/mol. The topological polar surface area (TPSA) is 43.3 Å². The lowest BCUT2D eigenvalue weighted by molar-refractivity contribution is -0.223. The summed E-state index contributed by atoms with van der Waals surface area (Å²) >= 11 is 6.19. The molecule has 0 N–H and O–H groups in total. The highest BCUT2D eigenvalue weighted by atomic mass is 35.5. The van der Waals surface area contributed by atoms with Crippen LogP contribution in [0.25, 0.3) is 0 Å². The Bertz CT molecular complexity index is 900. The second-order valence-electron chi connectivity index (χ2n) is 7.17. The molecule has 3 rings (SSSR count). The third kappa shape index (κ3) is 4.71. The number of aryl methyl sites for hydroxylation is 1. The van der Waals surface area contributed by atoms with Crippen LogP contribution in [0.15, 0.2) is 35.3 Å². The minimum Gasteiger partial charge on any atom is -0.496 e. The van der Waals surface area contributed by atoms with Gasteiger partial charge in [-0.2, -0.15) is 0 Å². The van der Waals surface area contributed by atoms with E-state index in [0.29, 0.717) is 29.5 Å². The maximum atomic E-state index is 13.6. The number of rotatable bonds is 8. The van der Waals surface area contributed by atoms with E-state index in [2.05, 4.69) is 11.9 Å². The summed E-state index contributed by atoms with van der Waals surface area (Å²) in [6.45, 7) is 5.87. The zero-order valence-electron chi connectivity index (χ0n) is 17.2. The minimum absolute atomic E-state index is 0.170. The Labute approximate surface area is 176 Å². The Hall–Kier alpha value is -2.15. The lowest BCUT2D eigenvalue weighted by Crippen LogP contribution is -2.49. The molecule has 1 aliphatic rings. The fourth-order valence-corrected chi connectivity index (χ4v) is 3.23. The summed E-state index contributed by atoms with van der Waals surface area (Å²) in [6.07, 6.45) is 1.80. The first kappa shape index (κ1) is 21.6. The van der Waals surface area contributed by atoms with Crippen LogP contribution in [0.2, 0.25) is 5.02 Å². The van der Waals surface area contributed by atoms with Crippen molar-refractivity contribution in [1.29, 1.82) is 0 Å². The second-order valence-corrected chi connectivity index (χ2v) is 7.58. The monoisotopic (exact) mass is 420 g/mol. The van der Waals surface area contributed by atoms with Gasteiger partial charge in [0.1, 0.15) is 17.2 Å². The van der Waals surface area contributed by atoms with Crippen LogP contribution in [0.4, 0.5) is 10.1 Å². The van der Waals surface area contributed by atoms with Crippen molar-refractivity contribution in [2.24, 2.45) is 4.99 Å². The van der Waals surface area contributed by atoms with Crippen LogP contribution in [0.5, 0.6) is 5.75 Å². The van der Waals surface area contributed by atoms with Gasteiger partial charge >= 0.3 is 0 Å². The maximum absolute atomic E-state index is 13.6. The first-order chi connectivity index (χ1) is 13.9. The number of ether oxygens (including phenoxy) is 3. The Morgan fingerprint density at radius 2 is 2.07 bits per heavy atom. The van der Waals surface area contributed by atoms with E-state index in [9.17, 15) is 4.39 Å². The van der Waals surface area contributed by atoms with E-state index in [1.54, 1.807) is 13.4 Å². The van der Waals surface area contributed by atoms with E-state index < -0.39 is 5.60 Å². The molecular weight excluding hydrogens is 395 g/mol. The molecule has 2 aromatic carbocycles. The summed E-state index contributed by atoms with van der Waals surface area (Å²) in [5, 5.41) is 0.467. The highest BCUT2D eigenvalue weighted by Gasteiger charge is 2.44. The molecule has 0 spiro atoms. The maximum Gasteiger partial charge on any atom is 0.143 e. The van der Waals surface area contributed by atoms with Gasteiger partial charge in [0.25, 0.3) is 0 Å². The van der Waals surface area contributed by atoms with Crippen molar-refractivity contribution < 1.29 is 18.6 Å². The van der Waals surface area contributed by atoms with E-state index in [1.165, 1.54) is 18.2 Å². The molecule has 1 heterocycles. The molecule has 0 unspecified atom stereocenters. The molecule has 0 aliphatic carbocycles. The molecule has 1 saturated heterocycles. The Kier molecular flexibility index (Phi) is 6.77. The molecule has 2 aromatic rings. The standard InChI is InChI=1S/C22H26ClFN2O3/c1-5-26(3)14-25-20-10-21(27-4)18(8-15(20)2)22(12-28-13-22)29-11-16-9-17(24)6-7-19(16)23/h6-10,14H,5,11-13H2,1-4H3. The molecule has 0 atom stereocenters. The number of benzene rings is 2. The van der Waals surface area contributed by atoms with Gasteiger partial charge in [0, 0.05) is 30.2 Å². The Balaban J connectivity index is 1.89. The number of hydrogen-bond acceptors (Lipinski definition) is 4. The molecule has 0 radical (unpaired) electrons. The van der Waals surface area contributed by atoms with Crippen LogP contribution in [-0.4, -0.2) is 45.2 Å². The molecule has 0 bridgehead atoms. The third-order valence-electron chi connectivity index (χ3n) is 5.08. The van der Waals surface area contributed by atoms with Gasteiger partial charge in [-0.25, -0.2) is 9.38 Å². The summed E-state index contributed by atoms with van der Waals surface area (Å²) in [7, 11) is 3.59. The molecule has 1 aliphatic heterocycles. The van der Waals surface area contributed by atoms with Crippen LogP contribution in [-0.2, 0) is 21.7 Å². The molecule has 0 saturated carbocycles. The number of nitrogens with zero attached hydrogens (tertiary/aromatic N) is 2. The zero-order valence-corrected chi connectivity index (χ0v) is 17.9. The van der Waals surface area contributed by atoms with Crippen LogP contribution in [0, 0.1) is 12.7 Å². The van der Waals surface area contributed by atoms with Crippen LogP contribution in [0.1, 0.15) is 23.6 Å². The predicted molar refractivity (Wildman–Crippen MR) is 113 cm³/mol. The molecule has 29 heavy (non-hydrogen) atoms. The quantitative estimate of drug-likeness (QED) is 0.452. The predicted octanol–water partition coefficient (Wildman–Crippen LogP) is 4.85. The Morgan fingerprint density at radius 1 is 1.31 bits per heavy atom. The molecule has 5 nitrogen and oxygen atoms in total.